The molecule has 22 nitrogen and oxygen atoms in total. The summed E-state index contributed by atoms with van der Waals surface area (Å²) in [5.41, 5.74) is 4.40. The molecule has 0 saturated heterocycles. The number of hydrogen-bond donors (Lipinski definition) is 7. The lowest BCUT2D eigenvalue weighted by Crippen LogP contribution is -2.62. The molecule has 0 aliphatic heterocycles. The Balaban J connectivity index is 1.97. The van der Waals surface area contributed by atoms with Crippen molar-refractivity contribution in [1.82, 2.24) is 31.5 Å². The molecular formula is C53H77F5N8O14. The zero-order chi connectivity index (χ0) is 60.6. The number of urea groups is 1. The Morgan fingerprint density at radius 1 is 0.738 bits per heavy atom. The highest BCUT2D eigenvalue weighted by atomic mass is 19.2. The number of rotatable bonds is 34. The summed E-state index contributed by atoms with van der Waals surface area (Å²) in [6.07, 6.45) is -1.36. The van der Waals surface area contributed by atoms with E-state index in [4.69, 9.17) is 24.7 Å². The van der Waals surface area contributed by atoms with Crippen molar-refractivity contribution in [3.8, 4) is 5.75 Å². The molecular weight excluding hydrogens is 1070 g/mol. The van der Waals surface area contributed by atoms with Crippen LogP contribution in [0, 0.1) is 46.8 Å². The summed E-state index contributed by atoms with van der Waals surface area (Å²) in [5.74, 6) is -18.7. The fourth-order valence-corrected chi connectivity index (χ4v) is 7.79. The first-order valence-electron chi connectivity index (χ1n) is 25.9. The van der Waals surface area contributed by atoms with Gasteiger partial charge in [0.25, 0.3) is 0 Å². The van der Waals surface area contributed by atoms with Gasteiger partial charge in [0.1, 0.15) is 36.1 Å². The Bertz CT molecular complexity index is 2420. The first-order chi connectivity index (χ1) is 37.5. The van der Waals surface area contributed by atoms with E-state index in [9.17, 15) is 65.1 Å². The third kappa shape index (κ3) is 22.3. The van der Waals surface area contributed by atoms with Crippen LogP contribution in [-0.2, 0) is 59.1 Å². The van der Waals surface area contributed by atoms with Crippen LogP contribution in [-0.4, -0.2) is 141 Å². The van der Waals surface area contributed by atoms with E-state index in [2.05, 4.69) is 36.6 Å². The maximum atomic E-state index is 14.0. The smallest absolute Gasteiger partial charge is 0.408 e. The Kier molecular flexibility index (Phi) is 29.0. The Hall–Kier alpha value is -7.00. The van der Waals surface area contributed by atoms with Gasteiger partial charge in [0.15, 0.2) is 0 Å². The predicted octanol–water partition coefficient (Wildman–Crippen LogP) is 4.83. The molecule has 0 aromatic heterocycles. The second-order valence-corrected chi connectivity index (χ2v) is 20.1. The van der Waals surface area contributed by atoms with E-state index < -0.39 is 131 Å². The van der Waals surface area contributed by atoms with Crippen molar-refractivity contribution < 1.29 is 88.8 Å². The van der Waals surface area contributed by atoms with Gasteiger partial charge in [-0.15, -0.1) is 0 Å². The van der Waals surface area contributed by atoms with Gasteiger partial charge in [-0.3, -0.25) is 33.6 Å². The number of ether oxygens (including phenoxy) is 5. The quantitative estimate of drug-likeness (QED) is 0.0123. The summed E-state index contributed by atoms with van der Waals surface area (Å²) in [7, 11) is 3.10. The Morgan fingerprint density at radius 2 is 1.30 bits per heavy atom. The zero-order valence-corrected chi connectivity index (χ0v) is 47.0. The fourth-order valence-electron chi connectivity index (χ4n) is 7.79. The molecule has 0 radical (unpaired) electrons. The van der Waals surface area contributed by atoms with Crippen LogP contribution < -0.4 is 42.4 Å². The number of benzene rings is 2. The van der Waals surface area contributed by atoms with Crippen molar-refractivity contribution in [2.24, 2.45) is 23.5 Å². The molecule has 0 spiro atoms. The monoisotopic (exact) mass is 1140 g/mol. The number of hydrogen-bond acceptors (Lipinski definition) is 14. The van der Waals surface area contributed by atoms with E-state index in [1.54, 1.807) is 46.9 Å². The third-order valence-corrected chi connectivity index (χ3v) is 12.5. The van der Waals surface area contributed by atoms with E-state index >= 15 is 0 Å². The van der Waals surface area contributed by atoms with E-state index in [-0.39, 0.29) is 88.6 Å². The lowest BCUT2D eigenvalue weighted by molar-refractivity contribution is -0.144. The maximum Gasteiger partial charge on any atom is 0.408 e. The minimum atomic E-state index is -2.41. The lowest BCUT2D eigenvalue weighted by atomic mass is 9.89. The van der Waals surface area contributed by atoms with Crippen molar-refractivity contribution in [1.29, 1.82) is 0 Å². The minimum absolute atomic E-state index is 0.0235. The summed E-state index contributed by atoms with van der Waals surface area (Å²) in [4.78, 5) is 118. The van der Waals surface area contributed by atoms with Crippen molar-refractivity contribution >= 4 is 59.1 Å². The molecule has 448 valence electrons. The number of methoxy groups -OCH3 is 1. The first-order valence-corrected chi connectivity index (χ1v) is 25.9. The number of esters is 1. The van der Waals surface area contributed by atoms with Crippen LogP contribution in [0.15, 0.2) is 24.3 Å². The standard InChI is InChI=1S/C53H77F5N8O14/c1-12-30(6)45(35(76-11)26-31(7)67)66(10)49(72)44(29(4)5)64-50(73)53(8,9)65-52(75)79-27-32-15-17-33(18-16-32)61-47(70)34(14-13-21-60-51(59)74)62-48(71)43(28(2)3)63-36(68)19-22-77-24-25-78-23-20-37(69)80-46-41(57)39(55)38(54)40(56)42(46)58/h15-18,28-30,34-35,43-45H,12-14,19-27H2,1-11H3,(H,61,70)(H,62,71)(H,63,68)(H,64,73)(H,65,75)(H3,59,60,74)/t30-,34-,35+,43-,44-,45-/m0/s1. The van der Waals surface area contributed by atoms with Gasteiger partial charge in [0, 0.05) is 39.2 Å². The average Bonchev–Trinajstić information content (AvgIpc) is 3.40. The largest absolute Gasteiger partial charge is 0.445 e. The summed E-state index contributed by atoms with van der Waals surface area (Å²) in [5, 5.41) is 15.7. The number of halogens is 5. The van der Waals surface area contributed by atoms with Gasteiger partial charge in [0.05, 0.1) is 45.0 Å². The van der Waals surface area contributed by atoms with Gasteiger partial charge in [-0.25, -0.2) is 22.8 Å². The SMILES string of the molecule is CC[C@H](C)[C@@H]([C@@H](CC(C)=O)OC)N(C)C(=O)[C@@H](NC(=O)C(C)(C)NC(=O)OCc1ccc(NC(=O)[C@H](CCCNC(N)=O)NC(=O)[C@@H](NC(=O)CCOCCOCCC(=O)Oc2c(F)c(F)c(F)c(F)c2F)C(C)C)cc1)C(C)C. The molecule has 0 aliphatic rings. The first kappa shape index (κ1) is 69.1. The molecule has 8 amide bonds. The number of alkyl carbamates (subject to hydrolysis) is 1. The summed E-state index contributed by atoms with van der Waals surface area (Å²) >= 11 is 0. The molecule has 27 heteroatoms. The van der Waals surface area contributed by atoms with Crippen molar-refractivity contribution in [2.75, 3.05) is 52.4 Å². The summed E-state index contributed by atoms with van der Waals surface area (Å²) in [6, 6.07) is 1.57. The van der Waals surface area contributed by atoms with E-state index in [0.717, 1.165) is 0 Å². The second kappa shape index (κ2) is 33.6. The number of nitrogens with zero attached hydrogens (tertiary/aromatic N) is 1. The van der Waals surface area contributed by atoms with Gasteiger partial charge in [0.2, 0.25) is 64.4 Å². The van der Waals surface area contributed by atoms with Crippen LogP contribution in [0.5, 0.6) is 5.75 Å². The highest BCUT2D eigenvalue weighted by Crippen LogP contribution is 2.30. The molecule has 8 N–H and O–H groups in total. The van der Waals surface area contributed by atoms with Crippen LogP contribution in [0.1, 0.15) is 106 Å². The molecule has 0 unspecified atom stereocenters. The molecule has 2 aromatic carbocycles. The number of primary amides is 1. The maximum absolute atomic E-state index is 14.0. The zero-order valence-electron chi connectivity index (χ0n) is 47.0. The molecule has 80 heavy (non-hydrogen) atoms. The van der Waals surface area contributed by atoms with Gasteiger partial charge in [-0.05, 0) is 69.1 Å². The Morgan fingerprint density at radius 3 is 1.82 bits per heavy atom. The number of ketones is 1. The van der Waals surface area contributed by atoms with Crippen molar-refractivity contribution in [3.05, 3.63) is 58.9 Å². The van der Waals surface area contributed by atoms with Gasteiger partial charge in [-0.2, -0.15) is 8.78 Å². The number of Topliss-reactive ketones (excluding diaryl/α,β-unsaturated/α-hetero) is 1. The van der Waals surface area contributed by atoms with Crippen LogP contribution in [0.2, 0.25) is 0 Å². The van der Waals surface area contributed by atoms with Crippen LogP contribution in [0.3, 0.4) is 0 Å². The minimum Gasteiger partial charge on any atom is -0.445 e. The number of likely N-dealkylation sites (N-methyl/N-ethyl adjacent to an activating group) is 1. The topological polar surface area (TPSA) is 301 Å². The Labute approximate surface area is 462 Å². The third-order valence-electron chi connectivity index (χ3n) is 12.5. The predicted molar refractivity (Wildman–Crippen MR) is 280 cm³/mol. The molecule has 2 aromatic rings. The lowest BCUT2D eigenvalue weighted by Gasteiger charge is -2.40. The number of nitrogens with two attached hydrogens (primary N) is 1. The number of amides is 8. The van der Waals surface area contributed by atoms with Crippen LogP contribution in [0.25, 0.3) is 0 Å². The number of anilines is 1. The van der Waals surface area contributed by atoms with E-state index in [1.807, 2.05) is 13.8 Å². The molecule has 0 heterocycles. The van der Waals surface area contributed by atoms with Gasteiger partial charge in [-0.1, -0.05) is 60.1 Å². The van der Waals surface area contributed by atoms with E-state index in [0.29, 0.717) is 12.0 Å². The molecule has 2 rings (SSSR count). The summed E-state index contributed by atoms with van der Waals surface area (Å²) < 4.78 is 93.4. The van der Waals surface area contributed by atoms with Gasteiger partial charge < -0.3 is 66.2 Å². The average molecular weight is 1150 g/mol. The normalized spacial score (nSPS) is 13.7. The van der Waals surface area contributed by atoms with E-state index in [1.165, 1.54) is 44.9 Å². The second-order valence-electron chi connectivity index (χ2n) is 20.1. The molecule has 0 bridgehead atoms. The number of nitrogens with one attached hydrogen (secondary N) is 6. The highest BCUT2D eigenvalue weighted by molar-refractivity contribution is 5.98. The van der Waals surface area contributed by atoms with Crippen molar-refractivity contribution in [3.63, 3.8) is 0 Å². The molecule has 0 saturated carbocycles. The fraction of sp³-hybridized carbons (Fsp3) is 0.604. The molecule has 0 aliphatic carbocycles. The number of carbonyl (C=O) groups is 9. The van der Waals surface area contributed by atoms with Crippen LogP contribution in [0.4, 0.5) is 37.2 Å². The van der Waals surface area contributed by atoms with Crippen LogP contribution >= 0.6 is 0 Å². The van der Waals surface area contributed by atoms with Crippen molar-refractivity contribution in [2.45, 2.75) is 143 Å². The molecule has 0 fully saturated rings. The van der Waals surface area contributed by atoms with Gasteiger partial charge >= 0.3 is 18.1 Å². The highest BCUT2D eigenvalue weighted by Gasteiger charge is 2.40. The molecule has 6 atom stereocenters. The number of carbonyl (C=O) groups excluding carboxylic acids is 9. The summed E-state index contributed by atoms with van der Waals surface area (Å²) in [6.45, 7) is 14.2.